The van der Waals surface area contributed by atoms with E-state index >= 15 is 0 Å². The summed E-state index contributed by atoms with van der Waals surface area (Å²) in [6, 6.07) is 10.2. The second-order valence-corrected chi connectivity index (χ2v) is 8.26. The van der Waals surface area contributed by atoms with Crippen LogP contribution in [0.2, 0.25) is 0 Å². The Morgan fingerprint density at radius 3 is 2.56 bits per heavy atom. The molecule has 1 aromatic rings. The maximum absolute atomic E-state index is 12.5. The average molecular weight is 373 g/mol. The SMILES string of the molecule is O=C(COc1ccccc1)N1CCC2(CC1)CC(N1CCCCC1)CCO2. The van der Waals surface area contributed by atoms with Crippen LogP contribution in [-0.2, 0) is 9.53 Å². The van der Waals surface area contributed by atoms with Crippen LogP contribution in [0.5, 0.6) is 5.75 Å². The Morgan fingerprint density at radius 1 is 1.07 bits per heavy atom. The zero-order valence-electron chi connectivity index (χ0n) is 16.3. The molecule has 0 N–H and O–H groups in total. The number of para-hydroxylation sites is 1. The summed E-state index contributed by atoms with van der Waals surface area (Å²) in [7, 11) is 0. The number of hydrogen-bond acceptors (Lipinski definition) is 4. The highest BCUT2D eigenvalue weighted by Crippen LogP contribution is 2.37. The molecule has 3 aliphatic rings. The minimum Gasteiger partial charge on any atom is -0.484 e. The van der Waals surface area contributed by atoms with Crippen molar-refractivity contribution in [1.82, 2.24) is 9.80 Å². The molecule has 1 amide bonds. The van der Waals surface area contributed by atoms with Gasteiger partial charge in [-0.3, -0.25) is 4.79 Å². The summed E-state index contributed by atoms with van der Waals surface area (Å²) in [5, 5.41) is 0. The molecule has 5 heteroatoms. The Hall–Kier alpha value is -1.59. The number of ether oxygens (including phenoxy) is 2. The first-order valence-electron chi connectivity index (χ1n) is 10.6. The van der Waals surface area contributed by atoms with E-state index in [2.05, 4.69) is 4.90 Å². The molecule has 0 aliphatic carbocycles. The summed E-state index contributed by atoms with van der Waals surface area (Å²) in [6.45, 7) is 5.05. The van der Waals surface area contributed by atoms with Crippen molar-refractivity contribution in [2.24, 2.45) is 0 Å². The molecule has 3 heterocycles. The maximum Gasteiger partial charge on any atom is 0.260 e. The maximum atomic E-state index is 12.5. The van der Waals surface area contributed by atoms with Gasteiger partial charge in [0.1, 0.15) is 5.75 Å². The van der Waals surface area contributed by atoms with E-state index in [-0.39, 0.29) is 18.1 Å². The first-order chi connectivity index (χ1) is 13.2. The molecule has 1 aromatic carbocycles. The van der Waals surface area contributed by atoms with Gasteiger partial charge in [0.15, 0.2) is 6.61 Å². The van der Waals surface area contributed by atoms with Gasteiger partial charge < -0.3 is 19.3 Å². The minimum atomic E-state index is -0.0164. The molecule has 0 saturated carbocycles. The number of amides is 1. The van der Waals surface area contributed by atoms with Crippen LogP contribution in [-0.4, -0.2) is 66.7 Å². The predicted molar refractivity (Wildman–Crippen MR) is 105 cm³/mol. The molecule has 3 saturated heterocycles. The number of nitrogens with zero attached hydrogens (tertiary/aromatic N) is 2. The number of piperidine rings is 2. The molecule has 1 atom stereocenters. The van der Waals surface area contributed by atoms with Crippen LogP contribution in [0, 0.1) is 0 Å². The lowest BCUT2D eigenvalue weighted by atomic mass is 9.81. The molecule has 27 heavy (non-hydrogen) atoms. The fourth-order valence-electron chi connectivity index (χ4n) is 4.86. The van der Waals surface area contributed by atoms with Crippen molar-refractivity contribution in [2.75, 3.05) is 39.4 Å². The van der Waals surface area contributed by atoms with Gasteiger partial charge in [-0.1, -0.05) is 24.6 Å². The van der Waals surface area contributed by atoms with E-state index in [1.54, 1.807) is 0 Å². The fraction of sp³-hybridized carbons (Fsp3) is 0.682. The van der Waals surface area contributed by atoms with E-state index in [0.717, 1.165) is 51.1 Å². The lowest BCUT2D eigenvalue weighted by Gasteiger charge is -2.49. The standard InChI is InChI=1S/C22H32N2O3/c25-21(18-26-20-7-3-1-4-8-20)24-14-10-22(11-15-24)17-19(9-16-27-22)23-12-5-2-6-13-23/h1,3-4,7-8,19H,2,5-6,9-18H2. The Morgan fingerprint density at radius 2 is 1.81 bits per heavy atom. The molecule has 5 nitrogen and oxygen atoms in total. The van der Waals surface area contributed by atoms with E-state index < -0.39 is 0 Å². The molecule has 4 rings (SSSR count). The van der Waals surface area contributed by atoms with Crippen molar-refractivity contribution in [3.05, 3.63) is 30.3 Å². The van der Waals surface area contributed by atoms with Crippen LogP contribution in [0.1, 0.15) is 44.9 Å². The fourth-order valence-corrected chi connectivity index (χ4v) is 4.86. The molecule has 3 fully saturated rings. The largest absolute Gasteiger partial charge is 0.484 e. The topological polar surface area (TPSA) is 42.0 Å². The van der Waals surface area contributed by atoms with Crippen molar-refractivity contribution in [2.45, 2.75) is 56.6 Å². The lowest BCUT2D eigenvalue weighted by Crippen LogP contribution is -2.55. The quantitative estimate of drug-likeness (QED) is 0.815. The van der Waals surface area contributed by atoms with E-state index in [1.807, 2.05) is 35.2 Å². The highest BCUT2D eigenvalue weighted by Gasteiger charge is 2.42. The summed E-state index contributed by atoms with van der Waals surface area (Å²) in [5.74, 6) is 0.830. The van der Waals surface area contributed by atoms with Gasteiger partial charge in [-0.15, -0.1) is 0 Å². The number of hydrogen-bond donors (Lipinski definition) is 0. The zero-order chi connectivity index (χ0) is 18.5. The molecule has 1 spiro atoms. The molecule has 0 bridgehead atoms. The molecule has 1 unspecified atom stereocenters. The van der Waals surface area contributed by atoms with Crippen molar-refractivity contribution in [3.8, 4) is 5.75 Å². The van der Waals surface area contributed by atoms with Crippen LogP contribution in [0.15, 0.2) is 30.3 Å². The second kappa shape index (κ2) is 8.61. The van der Waals surface area contributed by atoms with Crippen LogP contribution in [0.4, 0.5) is 0 Å². The molecule has 0 aromatic heterocycles. The smallest absolute Gasteiger partial charge is 0.260 e. The van der Waals surface area contributed by atoms with Crippen LogP contribution >= 0.6 is 0 Å². The van der Waals surface area contributed by atoms with Crippen LogP contribution in [0.25, 0.3) is 0 Å². The van der Waals surface area contributed by atoms with Gasteiger partial charge in [-0.05, 0) is 63.7 Å². The van der Waals surface area contributed by atoms with Gasteiger partial charge in [-0.25, -0.2) is 0 Å². The lowest BCUT2D eigenvalue weighted by molar-refractivity contribution is -0.151. The minimum absolute atomic E-state index is 0.0164. The molecular formula is C22H32N2O3. The van der Waals surface area contributed by atoms with Crippen LogP contribution < -0.4 is 4.74 Å². The third-order valence-corrected chi connectivity index (χ3v) is 6.51. The molecule has 3 aliphatic heterocycles. The normalized spacial score (nSPS) is 26.1. The first-order valence-corrected chi connectivity index (χ1v) is 10.6. The Kier molecular flexibility index (Phi) is 5.98. The Labute approximate surface area is 162 Å². The third-order valence-electron chi connectivity index (χ3n) is 6.51. The monoisotopic (exact) mass is 372 g/mol. The summed E-state index contributed by atoms with van der Waals surface area (Å²) in [5.41, 5.74) is -0.0164. The van der Waals surface area contributed by atoms with Crippen molar-refractivity contribution in [3.63, 3.8) is 0 Å². The number of benzene rings is 1. The van der Waals surface area contributed by atoms with E-state index in [0.29, 0.717) is 6.04 Å². The summed E-state index contributed by atoms with van der Waals surface area (Å²) >= 11 is 0. The van der Waals surface area contributed by atoms with E-state index in [1.165, 1.54) is 32.4 Å². The van der Waals surface area contributed by atoms with Crippen molar-refractivity contribution in [1.29, 1.82) is 0 Å². The average Bonchev–Trinajstić information content (AvgIpc) is 2.74. The van der Waals surface area contributed by atoms with Gasteiger partial charge in [-0.2, -0.15) is 0 Å². The summed E-state index contributed by atoms with van der Waals surface area (Å²) < 4.78 is 11.9. The third kappa shape index (κ3) is 4.64. The van der Waals surface area contributed by atoms with Gasteiger partial charge in [0, 0.05) is 25.7 Å². The van der Waals surface area contributed by atoms with Crippen LogP contribution in [0.3, 0.4) is 0 Å². The summed E-state index contributed by atoms with van der Waals surface area (Å²) in [4.78, 5) is 17.1. The van der Waals surface area contributed by atoms with Gasteiger partial charge >= 0.3 is 0 Å². The van der Waals surface area contributed by atoms with Gasteiger partial charge in [0.25, 0.3) is 5.91 Å². The Bertz CT molecular complexity index is 607. The number of likely N-dealkylation sites (tertiary alicyclic amines) is 2. The molecule has 0 radical (unpaired) electrons. The number of carbonyl (C=O) groups excluding carboxylic acids is 1. The molecular weight excluding hydrogens is 340 g/mol. The second-order valence-electron chi connectivity index (χ2n) is 8.26. The number of carbonyl (C=O) groups is 1. The van der Waals surface area contributed by atoms with Gasteiger partial charge in [0.05, 0.1) is 5.60 Å². The highest BCUT2D eigenvalue weighted by molar-refractivity contribution is 5.77. The Balaban J connectivity index is 1.26. The number of rotatable bonds is 4. The first kappa shape index (κ1) is 18.8. The van der Waals surface area contributed by atoms with E-state index in [4.69, 9.17) is 9.47 Å². The van der Waals surface area contributed by atoms with E-state index in [9.17, 15) is 4.79 Å². The molecule has 148 valence electrons. The highest BCUT2D eigenvalue weighted by atomic mass is 16.5. The van der Waals surface area contributed by atoms with Crippen molar-refractivity contribution < 1.29 is 14.3 Å². The van der Waals surface area contributed by atoms with Crippen molar-refractivity contribution >= 4 is 5.91 Å². The zero-order valence-corrected chi connectivity index (χ0v) is 16.3. The predicted octanol–water partition coefficient (Wildman–Crippen LogP) is 3.09. The summed E-state index contributed by atoms with van der Waals surface area (Å²) in [6.07, 6.45) is 8.27. The van der Waals surface area contributed by atoms with Gasteiger partial charge in [0.2, 0.25) is 0 Å².